The van der Waals surface area contributed by atoms with E-state index >= 15 is 0 Å². The number of esters is 1. The minimum Gasteiger partial charge on any atom is -0.462 e. The molecule has 0 saturated carbocycles. The first-order chi connectivity index (χ1) is 8.88. The lowest BCUT2D eigenvalue weighted by Crippen LogP contribution is -2.34. The molecular weight excluding hydrogens is 240 g/mol. The number of ether oxygens (including phenoxy) is 1. The Balaban J connectivity index is 3.16. The van der Waals surface area contributed by atoms with E-state index in [9.17, 15) is 4.79 Å². The molecule has 2 N–H and O–H groups in total. The summed E-state index contributed by atoms with van der Waals surface area (Å²) in [6, 6.07) is 5.68. The third-order valence-corrected chi connectivity index (χ3v) is 3.47. The van der Waals surface area contributed by atoms with Crippen LogP contribution in [0.4, 0.5) is 11.4 Å². The predicted molar refractivity (Wildman–Crippen MR) is 79.5 cm³/mol. The number of rotatable bonds is 5. The Kier molecular flexibility index (Phi) is 5.21. The fraction of sp³-hybridized carbons (Fsp3) is 0.533. The molecular formula is C15H24N2O2. The van der Waals surface area contributed by atoms with Gasteiger partial charge in [0.25, 0.3) is 0 Å². The standard InChI is InChI=1S/C15H24N2O2/c1-6-19-15(18)13-9-12(16)7-8-14(13)17(5)11(4)10(2)3/h7-11H,6,16H2,1-5H3. The molecule has 0 saturated heterocycles. The van der Waals surface area contributed by atoms with Crippen molar-refractivity contribution in [3.05, 3.63) is 23.8 Å². The summed E-state index contributed by atoms with van der Waals surface area (Å²) in [7, 11) is 1.99. The van der Waals surface area contributed by atoms with Gasteiger partial charge in [-0.3, -0.25) is 0 Å². The third kappa shape index (κ3) is 3.63. The maximum atomic E-state index is 12.0. The highest BCUT2D eigenvalue weighted by Gasteiger charge is 2.20. The monoisotopic (exact) mass is 264 g/mol. The van der Waals surface area contributed by atoms with Gasteiger partial charge in [0.05, 0.1) is 17.9 Å². The summed E-state index contributed by atoms with van der Waals surface area (Å²) in [5, 5.41) is 0. The van der Waals surface area contributed by atoms with E-state index in [0.717, 1.165) is 5.69 Å². The number of hydrogen-bond donors (Lipinski definition) is 1. The molecule has 0 aliphatic rings. The van der Waals surface area contributed by atoms with Crippen LogP contribution in [0.1, 0.15) is 38.1 Å². The zero-order valence-corrected chi connectivity index (χ0v) is 12.4. The molecule has 0 aliphatic heterocycles. The molecule has 0 heterocycles. The van der Waals surface area contributed by atoms with Crippen LogP contribution in [0.5, 0.6) is 0 Å². The van der Waals surface area contributed by atoms with Crippen LogP contribution >= 0.6 is 0 Å². The maximum absolute atomic E-state index is 12.0. The molecule has 1 aromatic rings. The minimum atomic E-state index is -0.326. The van der Waals surface area contributed by atoms with Crippen LogP contribution in [0.25, 0.3) is 0 Å². The van der Waals surface area contributed by atoms with Crippen LogP contribution in [0.3, 0.4) is 0 Å². The van der Waals surface area contributed by atoms with Gasteiger partial charge < -0.3 is 15.4 Å². The normalized spacial score (nSPS) is 12.3. The van der Waals surface area contributed by atoms with E-state index in [2.05, 4.69) is 25.7 Å². The lowest BCUT2D eigenvalue weighted by molar-refractivity contribution is 0.0527. The summed E-state index contributed by atoms with van der Waals surface area (Å²) in [5.74, 6) is 0.158. The molecule has 0 radical (unpaired) electrons. The zero-order chi connectivity index (χ0) is 14.6. The van der Waals surface area contributed by atoms with E-state index in [1.165, 1.54) is 0 Å². The van der Waals surface area contributed by atoms with Gasteiger partial charge >= 0.3 is 5.97 Å². The number of benzene rings is 1. The summed E-state index contributed by atoms with van der Waals surface area (Å²) in [4.78, 5) is 14.1. The van der Waals surface area contributed by atoms with Gasteiger partial charge in [-0.25, -0.2) is 4.79 Å². The fourth-order valence-corrected chi connectivity index (χ4v) is 1.90. The van der Waals surface area contributed by atoms with Crippen LogP contribution in [0.2, 0.25) is 0 Å². The summed E-state index contributed by atoms with van der Waals surface area (Å²) < 4.78 is 5.09. The van der Waals surface area contributed by atoms with E-state index in [-0.39, 0.29) is 5.97 Å². The molecule has 4 nitrogen and oxygen atoms in total. The molecule has 0 amide bonds. The number of nitrogens with zero attached hydrogens (tertiary/aromatic N) is 1. The van der Waals surface area contributed by atoms with Gasteiger partial charge in [-0.1, -0.05) is 13.8 Å². The van der Waals surface area contributed by atoms with Crippen LogP contribution in [-0.2, 0) is 4.74 Å². The van der Waals surface area contributed by atoms with Crippen LogP contribution in [0, 0.1) is 5.92 Å². The molecule has 0 aromatic heterocycles. The summed E-state index contributed by atoms with van der Waals surface area (Å²) in [6.45, 7) is 8.60. The van der Waals surface area contributed by atoms with Crippen LogP contribution < -0.4 is 10.6 Å². The van der Waals surface area contributed by atoms with Crippen molar-refractivity contribution in [2.75, 3.05) is 24.3 Å². The third-order valence-electron chi connectivity index (χ3n) is 3.47. The van der Waals surface area contributed by atoms with Gasteiger partial charge in [0.1, 0.15) is 0 Å². The van der Waals surface area contributed by atoms with Crippen molar-refractivity contribution in [1.82, 2.24) is 0 Å². The average molecular weight is 264 g/mol. The summed E-state index contributed by atoms with van der Waals surface area (Å²) in [6.07, 6.45) is 0. The molecule has 19 heavy (non-hydrogen) atoms. The molecule has 4 heteroatoms. The molecule has 0 fully saturated rings. The topological polar surface area (TPSA) is 55.6 Å². The molecule has 1 aromatic carbocycles. The second kappa shape index (κ2) is 6.45. The highest BCUT2D eigenvalue weighted by molar-refractivity contribution is 5.97. The summed E-state index contributed by atoms with van der Waals surface area (Å²) in [5.41, 5.74) is 7.72. The molecule has 106 valence electrons. The Hall–Kier alpha value is -1.71. The summed E-state index contributed by atoms with van der Waals surface area (Å²) >= 11 is 0. The van der Waals surface area contributed by atoms with Crippen molar-refractivity contribution in [3.63, 3.8) is 0 Å². The molecule has 1 rings (SSSR count). The van der Waals surface area contributed by atoms with Crippen molar-refractivity contribution in [1.29, 1.82) is 0 Å². The van der Waals surface area contributed by atoms with Crippen molar-refractivity contribution >= 4 is 17.3 Å². The number of carbonyl (C=O) groups excluding carboxylic acids is 1. The molecule has 0 spiro atoms. The van der Waals surface area contributed by atoms with Crippen molar-refractivity contribution in [2.45, 2.75) is 33.7 Å². The minimum absolute atomic E-state index is 0.316. The Morgan fingerprint density at radius 2 is 2.00 bits per heavy atom. The van der Waals surface area contributed by atoms with E-state index in [1.54, 1.807) is 13.0 Å². The largest absolute Gasteiger partial charge is 0.462 e. The second-order valence-electron chi connectivity index (χ2n) is 5.09. The van der Waals surface area contributed by atoms with Gasteiger partial charge in [0.2, 0.25) is 0 Å². The van der Waals surface area contributed by atoms with Crippen LogP contribution in [0.15, 0.2) is 18.2 Å². The van der Waals surface area contributed by atoms with E-state index in [4.69, 9.17) is 10.5 Å². The van der Waals surface area contributed by atoms with Gasteiger partial charge in [-0.15, -0.1) is 0 Å². The van der Waals surface area contributed by atoms with Gasteiger partial charge in [0.15, 0.2) is 0 Å². The molecule has 1 unspecified atom stereocenters. The molecule has 0 bridgehead atoms. The Morgan fingerprint density at radius 1 is 1.37 bits per heavy atom. The van der Waals surface area contributed by atoms with Gasteiger partial charge in [-0.05, 0) is 38.0 Å². The first kappa shape index (κ1) is 15.3. The fourth-order valence-electron chi connectivity index (χ4n) is 1.90. The van der Waals surface area contributed by atoms with Crippen LogP contribution in [-0.4, -0.2) is 25.7 Å². The predicted octanol–water partition coefficient (Wildman–Crippen LogP) is 2.93. The Labute approximate surface area is 115 Å². The zero-order valence-electron chi connectivity index (χ0n) is 12.4. The quantitative estimate of drug-likeness (QED) is 0.656. The molecule has 0 aliphatic carbocycles. The first-order valence-electron chi connectivity index (χ1n) is 6.68. The maximum Gasteiger partial charge on any atom is 0.340 e. The molecule has 1 atom stereocenters. The number of hydrogen-bond acceptors (Lipinski definition) is 4. The Morgan fingerprint density at radius 3 is 2.53 bits per heavy atom. The lowest BCUT2D eigenvalue weighted by atomic mass is 10.0. The van der Waals surface area contributed by atoms with Gasteiger partial charge in [0, 0.05) is 18.8 Å². The number of anilines is 2. The van der Waals surface area contributed by atoms with Crippen molar-refractivity contribution in [2.24, 2.45) is 5.92 Å². The highest BCUT2D eigenvalue weighted by Crippen LogP contribution is 2.26. The second-order valence-corrected chi connectivity index (χ2v) is 5.09. The highest BCUT2D eigenvalue weighted by atomic mass is 16.5. The van der Waals surface area contributed by atoms with E-state index in [1.807, 2.05) is 19.2 Å². The number of nitrogen functional groups attached to an aromatic ring is 1. The van der Waals surface area contributed by atoms with E-state index < -0.39 is 0 Å². The average Bonchev–Trinajstić information content (AvgIpc) is 2.37. The number of carbonyl (C=O) groups is 1. The van der Waals surface area contributed by atoms with E-state index in [0.29, 0.717) is 29.8 Å². The SMILES string of the molecule is CCOC(=O)c1cc(N)ccc1N(C)C(C)C(C)C. The number of nitrogens with two attached hydrogens (primary N) is 1. The van der Waals surface area contributed by atoms with Crippen molar-refractivity contribution < 1.29 is 9.53 Å². The lowest BCUT2D eigenvalue weighted by Gasteiger charge is -2.31. The first-order valence-corrected chi connectivity index (χ1v) is 6.68. The Bertz CT molecular complexity index is 444. The van der Waals surface area contributed by atoms with Gasteiger partial charge in [-0.2, -0.15) is 0 Å². The smallest absolute Gasteiger partial charge is 0.340 e. The van der Waals surface area contributed by atoms with Crippen molar-refractivity contribution in [3.8, 4) is 0 Å².